The van der Waals surface area contributed by atoms with Crippen molar-refractivity contribution >= 4 is 11.8 Å². The molecule has 2 rings (SSSR count). The molecule has 0 N–H and O–H groups in total. The fourth-order valence-electron chi connectivity index (χ4n) is 1.41. The standard InChI is InChI=1S/C12H12OS/c1-9-12(14-2)8-11(13-9)10-6-4-3-5-7-10/h3-8H,1-2H3. The minimum atomic E-state index is 0.951. The molecule has 72 valence electrons. The minimum absolute atomic E-state index is 0.951. The van der Waals surface area contributed by atoms with E-state index in [9.17, 15) is 0 Å². The summed E-state index contributed by atoms with van der Waals surface area (Å²) in [4.78, 5) is 1.21. The van der Waals surface area contributed by atoms with Crippen LogP contribution in [0.25, 0.3) is 11.3 Å². The second-order valence-corrected chi connectivity index (χ2v) is 3.95. The molecule has 2 heteroatoms. The zero-order valence-electron chi connectivity index (χ0n) is 8.28. The molecule has 0 spiro atoms. The van der Waals surface area contributed by atoms with Crippen LogP contribution >= 0.6 is 11.8 Å². The van der Waals surface area contributed by atoms with Gasteiger partial charge in [0, 0.05) is 10.5 Å². The summed E-state index contributed by atoms with van der Waals surface area (Å²) < 4.78 is 5.67. The summed E-state index contributed by atoms with van der Waals surface area (Å²) in [5.41, 5.74) is 1.14. The molecular weight excluding hydrogens is 192 g/mol. The van der Waals surface area contributed by atoms with Crippen molar-refractivity contribution in [1.29, 1.82) is 0 Å². The smallest absolute Gasteiger partial charge is 0.135 e. The zero-order chi connectivity index (χ0) is 9.97. The van der Waals surface area contributed by atoms with Crippen LogP contribution in [0.2, 0.25) is 0 Å². The first-order valence-electron chi connectivity index (χ1n) is 4.51. The Labute approximate surface area is 88.1 Å². The molecule has 0 saturated carbocycles. The maximum atomic E-state index is 5.67. The molecule has 0 amide bonds. The van der Waals surface area contributed by atoms with Crippen LogP contribution in [0.3, 0.4) is 0 Å². The van der Waals surface area contributed by atoms with Gasteiger partial charge in [0.2, 0.25) is 0 Å². The summed E-state index contributed by atoms with van der Waals surface area (Å²) in [7, 11) is 0. The van der Waals surface area contributed by atoms with Crippen molar-refractivity contribution in [2.75, 3.05) is 6.26 Å². The molecule has 2 aromatic rings. The third kappa shape index (κ3) is 1.70. The third-order valence-corrected chi connectivity index (χ3v) is 3.00. The van der Waals surface area contributed by atoms with Crippen LogP contribution in [0.5, 0.6) is 0 Å². The fraction of sp³-hybridized carbons (Fsp3) is 0.167. The van der Waals surface area contributed by atoms with Crippen LogP contribution in [-0.4, -0.2) is 6.26 Å². The number of rotatable bonds is 2. The molecule has 0 saturated heterocycles. The fourth-order valence-corrected chi connectivity index (χ4v) is 1.97. The SMILES string of the molecule is CSc1cc(-c2ccccc2)oc1C. The molecular formula is C12H12OS. The van der Waals surface area contributed by atoms with Crippen LogP contribution in [0.1, 0.15) is 5.76 Å². The molecule has 1 aromatic heterocycles. The second-order valence-electron chi connectivity index (χ2n) is 3.10. The largest absolute Gasteiger partial charge is 0.460 e. The van der Waals surface area contributed by atoms with Gasteiger partial charge in [-0.25, -0.2) is 0 Å². The highest BCUT2D eigenvalue weighted by Gasteiger charge is 2.07. The van der Waals surface area contributed by atoms with E-state index in [0.717, 1.165) is 17.1 Å². The van der Waals surface area contributed by atoms with Gasteiger partial charge >= 0.3 is 0 Å². The average molecular weight is 204 g/mol. The van der Waals surface area contributed by atoms with Crippen LogP contribution in [0.15, 0.2) is 45.7 Å². The van der Waals surface area contributed by atoms with Gasteiger partial charge in [-0.15, -0.1) is 11.8 Å². The maximum absolute atomic E-state index is 5.67. The van der Waals surface area contributed by atoms with Crippen molar-refractivity contribution in [3.63, 3.8) is 0 Å². The monoisotopic (exact) mass is 204 g/mol. The number of aryl methyl sites for hydroxylation is 1. The summed E-state index contributed by atoms with van der Waals surface area (Å²) in [5.74, 6) is 1.95. The van der Waals surface area contributed by atoms with E-state index in [1.54, 1.807) is 11.8 Å². The van der Waals surface area contributed by atoms with Crippen LogP contribution in [0.4, 0.5) is 0 Å². The quantitative estimate of drug-likeness (QED) is 0.686. The molecule has 0 aliphatic carbocycles. The Morgan fingerprint density at radius 2 is 1.86 bits per heavy atom. The molecule has 14 heavy (non-hydrogen) atoms. The topological polar surface area (TPSA) is 13.1 Å². The third-order valence-electron chi connectivity index (χ3n) is 2.15. The predicted octanol–water partition coefficient (Wildman–Crippen LogP) is 3.98. The predicted molar refractivity (Wildman–Crippen MR) is 60.7 cm³/mol. The van der Waals surface area contributed by atoms with Crippen molar-refractivity contribution in [3.8, 4) is 11.3 Å². The maximum Gasteiger partial charge on any atom is 0.135 e. The molecule has 1 nitrogen and oxygen atoms in total. The summed E-state index contributed by atoms with van der Waals surface area (Å²) in [5, 5.41) is 0. The number of hydrogen-bond acceptors (Lipinski definition) is 2. The molecule has 0 bridgehead atoms. The van der Waals surface area contributed by atoms with Crippen molar-refractivity contribution in [3.05, 3.63) is 42.2 Å². The van der Waals surface area contributed by atoms with Crippen molar-refractivity contribution in [2.24, 2.45) is 0 Å². The summed E-state index contributed by atoms with van der Waals surface area (Å²) in [6.07, 6.45) is 2.06. The van der Waals surface area contributed by atoms with Crippen LogP contribution in [0, 0.1) is 6.92 Å². The lowest BCUT2D eigenvalue weighted by Gasteiger charge is -1.93. The Balaban J connectivity index is 2.43. The Morgan fingerprint density at radius 1 is 1.14 bits per heavy atom. The molecule has 0 fully saturated rings. The molecule has 0 aliphatic heterocycles. The minimum Gasteiger partial charge on any atom is -0.460 e. The van der Waals surface area contributed by atoms with Gasteiger partial charge in [0.1, 0.15) is 11.5 Å². The van der Waals surface area contributed by atoms with Gasteiger partial charge in [0.15, 0.2) is 0 Å². The van der Waals surface area contributed by atoms with E-state index in [0.29, 0.717) is 0 Å². The lowest BCUT2D eigenvalue weighted by molar-refractivity contribution is 0.540. The Bertz CT molecular complexity index is 417. The van der Waals surface area contributed by atoms with E-state index in [-0.39, 0.29) is 0 Å². The highest BCUT2D eigenvalue weighted by Crippen LogP contribution is 2.29. The first-order chi connectivity index (χ1) is 6.81. The molecule has 1 heterocycles. The molecule has 1 aromatic carbocycles. The molecule has 0 atom stereocenters. The first-order valence-corrected chi connectivity index (χ1v) is 5.73. The normalized spacial score (nSPS) is 10.4. The first kappa shape index (κ1) is 9.41. The lowest BCUT2D eigenvalue weighted by atomic mass is 10.2. The van der Waals surface area contributed by atoms with Crippen molar-refractivity contribution < 1.29 is 4.42 Å². The van der Waals surface area contributed by atoms with Crippen LogP contribution in [-0.2, 0) is 0 Å². The van der Waals surface area contributed by atoms with E-state index in [4.69, 9.17) is 4.42 Å². The Kier molecular flexibility index (Phi) is 2.64. The van der Waals surface area contributed by atoms with E-state index >= 15 is 0 Å². The van der Waals surface area contributed by atoms with Gasteiger partial charge in [-0.1, -0.05) is 30.3 Å². The summed E-state index contributed by atoms with van der Waals surface area (Å²) >= 11 is 1.72. The van der Waals surface area contributed by atoms with Gasteiger partial charge < -0.3 is 4.42 Å². The van der Waals surface area contributed by atoms with E-state index in [2.05, 4.69) is 24.5 Å². The lowest BCUT2D eigenvalue weighted by Crippen LogP contribution is -1.69. The molecule has 0 unspecified atom stereocenters. The molecule has 0 aliphatic rings. The van der Waals surface area contributed by atoms with Gasteiger partial charge in [-0.3, -0.25) is 0 Å². The van der Waals surface area contributed by atoms with E-state index in [1.165, 1.54) is 4.90 Å². The van der Waals surface area contributed by atoms with E-state index < -0.39 is 0 Å². The van der Waals surface area contributed by atoms with Gasteiger partial charge in [-0.05, 0) is 19.2 Å². The Morgan fingerprint density at radius 3 is 2.43 bits per heavy atom. The Hall–Kier alpha value is -1.15. The highest BCUT2D eigenvalue weighted by atomic mass is 32.2. The molecule has 0 radical (unpaired) electrons. The number of benzene rings is 1. The number of thioether (sulfide) groups is 1. The van der Waals surface area contributed by atoms with Crippen molar-refractivity contribution in [2.45, 2.75) is 11.8 Å². The zero-order valence-corrected chi connectivity index (χ0v) is 9.10. The van der Waals surface area contributed by atoms with Gasteiger partial charge in [-0.2, -0.15) is 0 Å². The second kappa shape index (κ2) is 3.93. The van der Waals surface area contributed by atoms with Gasteiger partial charge in [0.05, 0.1) is 0 Å². The average Bonchev–Trinajstić information content (AvgIpc) is 2.61. The van der Waals surface area contributed by atoms with Gasteiger partial charge in [0.25, 0.3) is 0 Å². The highest BCUT2D eigenvalue weighted by molar-refractivity contribution is 7.98. The van der Waals surface area contributed by atoms with Crippen molar-refractivity contribution in [1.82, 2.24) is 0 Å². The van der Waals surface area contributed by atoms with Crippen LogP contribution < -0.4 is 0 Å². The van der Waals surface area contributed by atoms with E-state index in [1.807, 2.05) is 25.1 Å². The number of furan rings is 1. The number of hydrogen-bond donors (Lipinski definition) is 0. The summed E-state index contributed by atoms with van der Waals surface area (Å²) in [6.45, 7) is 2.00. The summed E-state index contributed by atoms with van der Waals surface area (Å²) in [6, 6.07) is 12.3.